The minimum Gasteiger partial charge on any atom is -0.481 e. The van der Waals surface area contributed by atoms with Crippen LogP contribution in [0.15, 0.2) is 30.3 Å². The number of aromatic nitrogens is 2. The number of nitrogens with zero attached hydrogens (tertiary/aromatic N) is 2. The van der Waals surface area contributed by atoms with Gasteiger partial charge in [0.05, 0.1) is 12.1 Å². The molecule has 4 nitrogen and oxygen atoms in total. The van der Waals surface area contributed by atoms with Crippen LogP contribution in [0.2, 0.25) is 0 Å². The van der Waals surface area contributed by atoms with Gasteiger partial charge in [-0.1, -0.05) is 12.1 Å². The topological polar surface area (TPSA) is 63.1 Å². The summed E-state index contributed by atoms with van der Waals surface area (Å²) in [5.74, 6) is -0.764. The minimum absolute atomic E-state index is 0.0218. The van der Waals surface area contributed by atoms with Crippen LogP contribution in [0.4, 0.5) is 4.39 Å². The van der Waals surface area contributed by atoms with Crippen molar-refractivity contribution in [3.63, 3.8) is 0 Å². The molecule has 0 aliphatic carbocycles. The summed E-state index contributed by atoms with van der Waals surface area (Å²) in [5, 5.41) is 8.66. The van der Waals surface area contributed by atoms with Crippen LogP contribution in [-0.4, -0.2) is 21.0 Å². The van der Waals surface area contributed by atoms with Gasteiger partial charge in [0.25, 0.3) is 0 Å². The van der Waals surface area contributed by atoms with Crippen molar-refractivity contribution in [2.45, 2.75) is 19.8 Å². The van der Waals surface area contributed by atoms with Crippen molar-refractivity contribution in [2.75, 3.05) is 0 Å². The summed E-state index contributed by atoms with van der Waals surface area (Å²) in [6.45, 7) is 1.80. The number of hydrogen-bond donors (Lipinski definition) is 1. The quantitative estimate of drug-likeness (QED) is 0.917. The third kappa shape index (κ3) is 3.58. The molecule has 0 radical (unpaired) electrons. The zero-order valence-corrected chi connectivity index (χ0v) is 10.4. The average Bonchev–Trinajstić information content (AvgIpc) is 2.36. The number of carboxylic acid groups (broad SMARTS) is 1. The van der Waals surface area contributed by atoms with E-state index in [1.165, 1.54) is 12.1 Å². The van der Waals surface area contributed by atoms with Gasteiger partial charge in [0, 0.05) is 17.7 Å². The molecule has 2 rings (SSSR count). The van der Waals surface area contributed by atoms with Crippen molar-refractivity contribution in [2.24, 2.45) is 0 Å². The Labute approximate surface area is 110 Å². The molecular weight excluding hydrogens is 247 g/mol. The zero-order chi connectivity index (χ0) is 13.8. The SMILES string of the molecule is Cc1cc(-c2cccc(F)c2)nc(CCC(=O)O)n1. The van der Waals surface area contributed by atoms with Crippen molar-refractivity contribution < 1.29 is 14.3 Å². The smallest absolute Gasteiger partial charge is 0.303 e. The molecule has 0 atom stereocenters. The normalized spacial score (nSPS) is 10.4. The molecule has 5 heteroatoms. The molecule has 0 unspecified atom stereocenters. The van der Waals surface area contributed by atoms with Gasteiger partial charge in [0.2, 0.25) is 0 Å². The van der Waals surface area contributed by atoms with Gasteiger partial charge in [0.1, 0.15) is 11.6 Å². The van der Waals surface area contributed by atoms with Crippen LogP contribution in [0, 0.1) is 12.7 Å². The van der Waals surface area contributed by atoms with Crippen molar-refractivity contribution >= 4 is 5.97 Å². The van der Waals surface area contributed by atoms with E-state index >= 15 is 0 Å². The largest absolute Gasteiger partial charge is 0.481 e. The number of rotatable bonds is 4. The summed E-state index contributed by atoms with van der Waals surface area (Å²) < 4.78 is 13.2. The van der Waals surface area contributed by atoms with Gasteiger partial charge < -0.3 is 5.11 Å². The molecule has 0 saturated carbocycles. The number of carbonyl (C=O) groups is 1. The summed E-state index contributed by atoms with van der Waals surface area (Å²) in [4.78, 5) is 19.0. The Morgan fingerprint density at radius 3 is 2.79 bits per heavy atom. The van der Waals surface area contributed by atoms with Crippen LogP contribution in [0.1, 0.15) is 17.9 Å². The van der Waals surface area contributed by atoms with E-state index in [4.69, 9.17) is 5.11 Å². The molecule has 0 spiro atoms. The molecule has 1 heterocycles. The Balaban J connectivity index is 2.33. The number of aryl methyl sites for hydroxylation is 2. The molecule has 0 amide bonds. The molecule has 0 saturated heterocycles. The van der Waals surface area contributed by atoms with Crippen molar-refractivity contribution in [1.82, 2.24) is 9.97 Å². The summed E-state index contributed by atoms with van der Waals surface area (Å²) in [5.41, 5.74) is 1.99. The molecular formula is C14H13FN2O2. The summed E-state index contributed by atoms with van der Waals surface area (Å²) in [7, 11) is 0. The van der Waals surface area contributed by atoms with Gasteiger partial charge in [-0.2, -0.15) is 0 Å². The van der Waals surface area contributed by atoms with Crippen molar-refractivity contribution in [3.05, 3.63) is 47.7 Å². The molecule has 1 N–H and O–H groups in total. The van der Waals surface area contributed by atoms with E-state index in [0.29, 0.717) is 17.1 Å². The highest BCUT2D eigenvalue weighted by molar-refractivity contribution is 5.67. The predicted octanol–water partition coefficient (Wildman–Crippen LogP) is 2.61. The fourth-order valence-electron chi connectivity index (χ4n) is 1.76. The number of benzene rings is 1. The van der Waals surface area contributed by atoms with Crippen LogP contribution in [0.5, 0.6) is 0 Å². The van der Waals surface area contributed by atoms with Gasteiger partial charge in [-0.25, -0.2) is 14.4 Å². The molecule has 0 fully saturated rings. The molecule has 0 aliphatic heterocycles. The third-order valence-corrected chi connectivity index (χ3v) is 2.58. The lowest BCUT2D eigenvalue weighted by Gasteiger charge is -2.05. The first-order valence-electron chi connectivity index (χ1n) is 5.87. The first-order valence-corrected chi connectivity index (χ1v) is 5.87. The predicted molar refractivity (Wildman–Crippen MR) is 68.1 cm³/mol. The maximum Gasteiger partial charge on any atom is 0.303 e. The van der Waals surface area contributed by atoms with Gasteiger partial charge in [-0.05, 0) is 25.1 Å². The highest BCUT2D eigenvalue weighted by atomic mass is 19.1. The van der Waals surface area contributed by atoms with Gasteiger partial charge in [-0.15, -0.1) is 0 Å². The van der Waals surface area contributed by atoms with Crippen LogP contribution in [-0.2, 0) is 11.2 Å². The van der Waals surface area contributed by atoms with Crippen LogP contribution >= 0.6 is 0 Å². The van der Waals surface area contributed by atoms with Gasteiger partial charge in [0.15, 0.2) is 0 Å². The van der Waals surface area contributed by atoms with Gasteiger partial charge >= 0.3 is 5.97 Å². The number of hydrogen-bond acceptors (Lipinski definition) is 3. The Morgan fingerprint density at radius 2 is 2.11 bits per heavy atom. The van der Waals surface area contributed by atoms with Crippen LogP contribution < -0.4 is 0 Å². The van der Waals surface area contributed by atoms with Crippen molar-refractivity contribution in [1.29, 1.82) is 0 Å². The summed E-state index contributed by atoms with van der Waals surface area (Å²) >= 11 is 0. The van der Waals surface area contributed by atoms with E-state index in [9.17, 15) is 9.18 Å². The Bertz CT molecular complexity index is 614. The number of halogens is 1. The fourth-order valence-corrected chi connectivity index (χ4v) is 1.76. The highest BCUT2D eigenvalue weighted by Crippen LogP contribution is 2.19. The lowest BCUT2D eigenvalue weighted by molar-refractivity contribution is -0.137. The second kappa shape index (κ2) is 5.56. The third-order valence-electron chi connectivity index (χ3n) is 2.58. The standard InChI is InChI=1S/C14H13FN2O2/c1-9-7-12(10-3-2-4-11(15)8-10)17-13(16-9)5-6-14(18)19/h2-4,7-8H,5-6H2,1H3,(H,18,19). The van der Waals surface area contributed by atoms with E-state index in [1.807, 2.05) is 0 Å². The number of aliphatic carboxylic acids is 1. The summed E-state index contributed by atoms with van der Waals surface area (Å²) in [6.07, 6.45) is 0.241. The maximum absolute atomic E-state index is 13.2. The molecule has 1 aromatic carbocycles. The Kier molecular flexibility index (Phi) is 3.85. The first-order chi connectivity index (χ1) is 9.04. The Hall–Kier alpha value is -2.30. The van der Waals surface area contributed by atoms with E-state index in [0.717, 1.165) is 5.69 Å². The average molecular weight is 260 g/mol. The molecule has 0 bridgehead atoms. The van der Waals surface area contributed by atoms with Crippen molar-refractivity contribution in [3.8, 4) is 11.3 Å². The molecule has 1 aromatic heterocycles. The molecule has 19 heavy (non-hydrogen) atoms. The van der Waals surface area contributed by atoms with E-state index in [2.05, 4.69) is 9.97 Å². The second-order valence-electron chi connectivity index (χ2n) is 4.21. The summed E-state index contributed by atoms with van der Waals surface area (Å²) in [6, 6.07) is 7.87. The second-order valence-corrected chi connectivity index (χ2v) is 4.21. The molecule has 0 aliphatic rings. The highest BCUT2D eigenvalue weighted by Gasteiger charge is 2.07. The molecule has 2 aromatic rings. The van der Waals surface area contributed by atoms with Gasteiger partial charge in [-0.3, -0.25) is 4.79 Å². The minimum atomic E-state index is -0.891. The fraction of sp³-hybridized carbons (Fsp3) is 0.214. The maximum atomic E-state index is 13.2. The van der Waals surface area contributed by atoms with Crippen LogP contribution in [0.25, 0.3) is 11.3 Å². The lowest BCUT2D eigenvalue weighted by atomic mass is 10.1. The van der Waals surface area contributed by atoms with E-state index < -0.39 is 5.97 Å². The number of carboxylic acids is 1. The Morgan fingerprint density at radius 1 is 1.32 bits per heavy atom. The van der Waals surface area contributed by atoms with E-state index in [-0.39, 0.29) is 18.7 Å². The lowest BCUT2D eigenvalue weighted by Crippen LogP contribution is -2.03. The first kappa shape index (κ1) is 13.1. The zero-order valence-electron chi connectivity index (χ0n) is 10.4. The molecule has 98 valence electrons. The monoisotopic (exact) mass is 260 g/mol. The van der Waals surface area contributed by atoms with E-state index in [1.54, 1.807) is 25.1 Å². The van der Waals surface area contributed by atoms with Crippen LogP contribution in [0.3, 0.4) is 0 Å².